The van der Waals surface area contributed by atoms with Gasteiger partial charge in [-0.05, 0) is 55.9 Å². The zero-order valence-corrected chi connectivity index (χ0v) is 19.0. The van der Waals surface area contributed by atoms with Crippen molar-refractivity contribution in [1.29, 1.82) is 0 Å². The highest BCUT2D eigenvalue weighted by Crippen LogP contribution is 2.30. The molecule has 2 fully saturated rings. The number of nitrogens with one attached hydrogen (secondary N) is 1. The smallest absolute Gasteiger partial charge is 0.306 e. The van der Waals surface area contributed by atoms with E-state index in [9.17, 15) is 14.7 Å². The Morgan fingerprint density at radius 2 is 2.00 bits per heavy atom. The van der Waals surface area contributed by atoms with Gasteiger partial charge in [-0.1, -0.05) is 33.1 Å². The molecule has 2 aliphatic rings. The Kier molecular flexibility index (Phi) is 8.42. The lowest BCUT2D eigenvalue weighted by molar-refractivity contribution is -0.143. The van der Waals surface area contributed by atoms with Crippen LogP contribution < -0.4 is 10.2 Å². The maximum atomic E-state index is 13.0. The van der Waals surface area contributed by atoms with E-state index in [1.165, 1.54) is 19.3 Å². The lowest BCUT2D eigenvalue weighted by atomic mass is 9.86. The number of pyridine rings is 1. The predicted octanol–water partition coefficient (Wildman–Crippen LogP) is 4.58. The molecule has 0 spiro atoms. The second-order valence-corrected chi connectivity index (χ2v) is 9.74. The Bertz CT molecular complexity index is 736. The third-order valence-corrected chi connectivity index (χ3v) is 7.55. The van der Waals surface area contributed by atoms with Crippen LogP contribution in [0.15, 0.2) is 17.2 Å². The fourth-order valence-electron chi connectivity index (χ4n) is 4.43. The van der Waals surface area contributed by atoms with E-state index >= 15 is 0 Å². The van der Waals surface area contributed by atoms with Crippen LogP contribution >= 0.6 is 11.8 Å². The van der Waals surface area contributed by atoms with E-state index in [2.05, 4.69) is 17.1 Å². The number of rotatable bonds is 8. The Morgan fingerprint density at radius 3 is 2.70 bits per heavy atom. The SMILES string of the molecule is CCCSc1nc(N2CCCC(C(C)C(=O)O)C2)ccc1C(=O)NC1CCCCC1. The molecule has 1 aliphatic heterocycles. The van der Waals surface area contributed by atoms with Crippen LogP contribution in [-0.2, 0) is 4.79 Å². The highest BCUT2D eigenvalue weighted by molar-refractivity contribution is 7.99. The van der Waals surface area contributed by atoms with Gasteiger partial charge in [-0.3, -0.25) is 9.59 Å². The van der Waals surface area contributed by atoms with Crippen LogP contribution in [0.5, 0.6) is 0 Å². The number of nitrogens with zero attached hydrogens (tertiary/aromatic N) is 2. The fraction of sp³-hybridized carbons (Fsp3) is 0.696. The molecule has 166 valence electrons. The van der Waals surface area contributed by atoms with Crippen molar-refractivity contribution in [2.24, 2.45) is 11.8 Å². The summed E-state index contributed by atoms with van der Waals surface area (Å²) in [5, 5.41) is 13.4. The Balaban J connectivity index is 1.76. The minimum Gasteiger partial charge on any atom is -0.481 e. The van der Waals surface area contributed by atoms with Gasteiger partial charge in [-0.2, -0.15) is 0 Å². The van der Waals surface area contributed by atoms with E-state index in [-0.39, 0.29) is 23.8 Å². The van der Waals surface area contributed by atoms with E-state index in [1.807, 2.05) is 12.1 Å². The number of thioether (sulfide) groups is 1. The first-order valence-corrected chi connectivity index (χ1v) is 12.4. The first-order chi connectivity index (χ1) is 14.5. The molecule has 1 aliphatic carbocycles. The molecule has 7 heteroatoms. The van der Waals surface area contributed by atoms with Crippen molar-refractivity contribution in [1.82, 2.24) is 10.3 Å². The number of amides is 1. The zero-order valence-electron chi connectivity index (χ0n) is 18.2. The number of carboxylic acids is 1. The number of hydrogen-bond donors (Lipinski definition) is 2. The number of piperidine rings is 1. The minimum absolute atomic E-state index is 0.0180. The Labute approximate surface area is 184 Å². The van der Waals surface area contributed by atoms with Gasteiger partial charge in [0.1, 0.15) is 10.8 Å². The van der Waals surface area contributed by atoms with Gasteiger partial charge in [0.15, 0.2) is 0 Å². The topological polar surface area (TPSA) is 82.5 Å². The van der Waals surface area contributed by atoms with Gasteiger partial charge in [-0.25, -0.2) is 4.98 Å². The monoisotopic (exact) mass is 433 g/mol. The largest absolute Gasteiger partial charge is 0.481 e. The molecule has 0 radical (unpaired) electrons. The molecule has 2 N–H and O–H groups in total. The number of carboxylic acid groups (broad SMARTS) is 1. The summed E-state index contributed by atoms with van der Waals surface area (Å²) >= 11 is 1.63. The molecule has 6 nitrogen and oxygen atoms in total. The number of carbonyl (C=O) groups is 2. The third kappa shape index (κ3) is 5.90. The predicted molar refractivity (Wildman–Crippen MR) is 121 cm³/mol. The van der Waals surface area contributed by atoms with Crippen molar-refractivity contribution >= 4 is 29.5 Å². The molecule has 1 saturated heterocycles. The molecule has 1 saturated carbocycles. The van der Waals surface area contributed by atoms with Gasteiger partial charge in [0.25, 0.3) is 5.91 Å². The summed E-state index contributed by atoms with van der Waals surface area (Å²) in [6.07, 6.45) is 8.67. The quantitative estimate of drug-likeness (QED) is 0.584. The summed E-state index contributed by atoms with van der Waals surface area (Å²) in [6.45, 7) is 5.50. The van der Waals surface area contributed by atoms with Crippen molar-refractivity contribution in [3.05, 3.63) is 17.7 Å². The third-order valence-electron chi connectivity index (χ3n) is 6.35. The fourth-order valence-corrected chi connectivity index (χ4v) is 5.30. The van der Waals surface area contributed by atoms with Crippen LogP contribution in [0.2, 0.25) is 0 Å². The molecule has 1 aromatic heterocycles. The van der Waals surface area contributed by atoms with E-state index in [0.717, 1.165) is 55.2 Å². The summed E-state index contributed by atoms with van der Waals surface area (Å²) in [6, 6.07) is 4.11. The van der Waals surface area contributed by atoms with Gasteiger partial charge in [0.2, 0.25) is 0 Å². The maximum absolute atomic E-state index is 13.0. The lowest BCUT2D eigenvalue weighted by Crippen LogP contribution is -2.40. The maximum Gasteiger partial charge on any atom is 0.306 e. The molecule has 1 aromatic rings. The van der Waals surface area contributed by atoms with Gasteiger partial charge < -0.3 is 15.3 Å². The number of hydrogen-bond acceptors (Lipinski definition) is 5. The van der Waals surface area contributed by atoms with Crippen molar-refractivity contribution < 1.29 is 14.7 Å². The summed E-state index contributed by atoms with van der Waals surface area (Å²) in [4.78, 5) is 31.4. The van der Waals surface area contributed by atoms with Crippen LogP contribution in [-0.4, -0.2) is 46.9 Å². The van der Waals surface area contributed by atoms with Crippen LogP contribution in [0.1, 0.15) is 75.6 Å². The van der Waals surface area contributed by atoms with E-state index < -0.39 is 5.97 Å². The van der Waals surface area contributed by atoms with Crippen LogP contribution in [0.3, 0.4) is 0 Å². The van der Waals surface area contributed by atoms with Crippen LogP contribution in [0, 0.1) is 11.8 Å². The van der Waals surface area contributed by atoms with Crippen molar-refractivity contribution in [2.45, 2.75) is 76.3 Å². The first kappa shape index (κ1) is 22.9. The van der Waals surface area contributed by atoms with Gasteiger partial charge >= 0.3 is 5.97 Å². The minimum atomic E-state index is -0.733. The molecule has 3 rings (SSSR count). The Morgan fingerprint density at radius 1 is 1.23 bits per heavy atom. The summed E-state index contributed by atoms with van der Waals surface area (Å²) < 4.78 is 0. The number of anilines is 1. The standard InChI is InChI=1S/C23H35N3O3S/c1-3-14-30-22-19(21(27)24-18-9-5-4-6-10-18)11-12-20(25-22)26-13-7-8-17(15-26)16(2)23(28)29/h11-12,16-18H,3-10,13-15H2,1-2H3,(H,24,27)(H,28,29). The van der Waals surface area contributed by atoms with Crippen molar-refractivity contribution in [3.63, 3.8) is 0 Å². The number of aliphatic carboxylic acids is 1. The summed E-state index contributed by atoms with van der Waals surface area (Å²) in [5.41, 5.74) is 0.662. The molecule has 0 bridgehead atoms. The van der Waals surface area contributed by atoms with E-state index in [1.54, 1.807) is 18.7 Å². The molecule has 0 aromatic carbocycles. The molecular weight excluding hydrogens is 398 g/mol. The zero-order chi connectivity index (χ0) is 21.5. The number of carbonyl (C=O) groups excluding carboxylic acids is 1. The molecule has 2 unspecified atom stereocenters. The normalized spacial score (nSPS) is 21.3. The van der Waals surface area contributed by atoms with Crippen LogP contribution in [0.25, 0.3) is 0 Å². The van der Waals surface area contributed by atoms with Crippen molar-refractivity contribution in [2.75, 3.05) is 23.7 Å². The second kappa shape index (κ2) is 11.0. The van der Waals surface area contributed by atoms with Gasteiger partial charge in [-0.15, -0.1) is 11.8 Å². The molecule has 30 heavy (non-hydrogen) atoms. The molecule has 1 amide bonds. The van der Waals surface area contributed by atoms with Gasteiger partial charge in [0, 0.05) is 19.1 Å². The molecule has 2 atom stereocenters. The van der Waals surface area contributed by atoms with Crippen LogP contribution in [0.4, 0.5) is 5.82 Å². The molecular formula is C23H35N3O3S. The molecule has 2 heterocycles. The Hall–Kier alpha value is -1.76. The van der Waals surface area contributed by atoms with Crippen molar-refractivity contribution in [3.8, 4) is 0 Å². The highest BCUT2D eigenvalue weighted by Gasteiger charge is 2.30. The van der Waals surface area contributed by atoms with Gasteiger partial charge in [0.05, 0.1) is 11.5 Å². The van der Waals surface area contributed by atoms with E-state index in [0.29, 0.717) is 12.1 Å². The number of aromatic nitrogens is 1. The first-order valence-electron chi connectivity index (χ1n) is 11.4. The second-order valence-electron chi connectivity index (χ2n) is 8.65. The average Bonchev–Trinajstić information content (AvgIpc) is 2.77. The summed E-state index contributed by atoms with van der Waals surface area (Å²) in [7, 11) is 0. The van der Waals surface area contributed by atoms with E-state index in [4.69, 9.17) is 4.98 Å². The summed E-state index contributed by atoms with van der Waals surface area (Å²) in [5.74, 6) is 0.782. The lowest BCUT2D eigenvalue weighted by Gasteiger charge is -2.35. The highest BCUT2D eigenvalue weighted by atomic mass is 32.2. The average molecular weight is 434 g/mol.